The summed E-state index contributed by atoms with van der Waals surface area (Å²) in [6.45, 7) is 0. The van der Waals surface area contributed by atoms with Gasteiger partial charge in [-0.25, -0.2) is 10.1 Å². The molecule has 9 nitrogen and oxygen atoms in total. The molecule has 0 aliphatic carbocycles. The monoisotopic (exact) mass is 245 g/mol. The van der Waals surface area contributed by atoms with Crippen molar-refractivity contribution < 1.29 is 0 Å². The van der Waals surface area contributed by atoms with Crippen molar-refractivity contribution in [2.45, 2.75) is 0 Å². The summed E-state index contributed by atoms with van der Waals surface area (Å²) in [7, 11) is 0. The van der Waals surface area contributed by atoms with Crippen LogP contribution in [0, 0.1) is 0 Å². The van der Waals surface area contributed by atoms with Crippen molar-refractivity contribution in [1.82, 2.24) is 30.1 Å². The number of aromatic amines is 3. The van der Waals surface area contributed by atoms with Crippen LogP contribution in [0.1, 0.15) is 0 Å². The minimum absolute atomic E-state index is 0.0139. The lowest BCUT2D eigenvalue weighted by Crippen LogP contribution is -2.10. The smallest absolute Gasteiger partial charge is 0.278 e. The van der Waals surface area contributed by atoms with E-state index >= 15 is 0 Å². The third kappa shape index (κ3) is 1.54. The highest BCUT2D eigenvalue weighted by atomic mass is 16.1. The Bertz CT molecular complexity index is 823. The highest BCUT2D eigenvalue weighted by Crippen LogP contribution is 2.13. The van der Waals surface area contributed by atoms with E-state index in [1.807, 2.05) is 0 Å². The van der Waals surface area contributed by atoms with E-state index < -0.39 is 5.56 Å². The molecule has 9 heteroatoms. The van der Waals surface area contributed by atoms with E-state index in [1.165, 1.54) is 12.1 Å². The minimum atomic E-state index is -0.416. The third-order valence-corrected chi connectivity index (χ3v) is 2.30. The van der Waals surface area contributed by atoms with Crippen LogP contribution in [0.4, 0.5) is 5.95 Å². The van der Waals surface area contributed by atoms with Gasteiger partial charge in [0.25, 0.3) is 11.1 Å². The largest absolute Gasteiger partial charge is 0.369 e. The van der Waals surface area contributed by atoms with Gasteiger partial charge in [-0.05, 0) is 6.07 Å². The summed E-state index contributed by atoms with van der Waals surface area (Å²) >= 11 is 0. The number of hydrogen-bond donors (Lipinski definition) is 4. The second-order valence-corrected chi connectivity index (χ2v) is 3.54. The zero-order valence-corrected chi connectivity index (χ0v) is 8.89. The Labute approximate surface area is 98.1 Å². The average Bonchev–Trinajstić information content (AvgIpc) is 2.74. The van der Waals surface area contributed by atoms with Gasteiger partial charge >= 0.3 is 0 Å². The summed E-state index contributed by atoms with van der Waals surface area (Å²) in [4.78, 5) is 35.5. The van der Waals surface area contributed by atoms with Crippen LogP contribution in [-0.4, -0.2) is 30.1 Å². The molecular formula is C9H7N7O2. The zero-order chi connectivity index (χ0) is 12.7. The van der Waals surface area contributed by atoms with Gasteiger partial charge in [0, 0.05) is 6.07 Å². The van der Waals surface area contributed by atoms with Crippen molar-refractivity contribution in [2.24, 2.45) is 0 Å². The summed E-state index contributed by atoms with van der Waals surface area (Å²) in [6, 6.07) is 2.79. The number of aromatic nitrogens is 6. The summed E-state index contributed by atoms with van der Waals surface area (Å²) in [5.74, 6) is 0.310. The Morgan fingerprint density at radius 3 is 2.67 bits per heavy atom. The number of hydrogen-bond acceptors (Lipinski definition) is 6. The van der Waals surface area contributed by atoms with Crippen LogP contribution in [0.3, 0.4) is 0 Å². The van der Waals surface area contributed by atoms with Crippen LogP contribution in [0.2, 0.25) is 0 Å². The maximum atomic E-state index is 11.6. The lowest BCUT2D eigenvalue weighted by molar-refractivity contribution is 0.985. The third-order valence-electron chi connectivity index (χ3n) is 2.30. The SMILES string of the molecule is Nc1nc2nc(-c3ccc(=O)[nH]n3)[nH]c2c(=O)[nH]1. The van der Waals surface area contributed by atoms with Gasteiger partial charge in [-0.2, -0.15) is 10.1 Å². The number of H-pyrrole nitrogens is 3. The van der Waals surface area contributed by atoms with Crippen molar-refractivity contribution in [3.8, 4) is 11.5 Å². The average molecular weight is 245 g/mol. The summed E-state index contributed by atoms with van der Waals surface area (Å²) in [5, 5.41) is 6.07. The van der Waals surface area contributed by atoms with E-state index in [0.717, 1.165) is 0 Å². The molecule has 0 amide bonds. The maximum Gasteiger partial charge on any atom is 0.278 e. The number of nitrogens with zero attached hydrogens (tertiary/aromatic N) is 3. The molecule has 3 rings (SSSR count). The van der Waals surface area contributed by atoms with Gasteiger partial charge in [-0.3, -0.25) is 14.6 Å². The van der Waals surface area contributed by atoms with Crippen LogP contribution in [0.15, 0.2) is 21.7 Å². The lowest BCUT2D eigenvalue weighted by Gasteiger charge is -1.91. The topological polar surface area (TPSA) is 146 Å². The summed E-state index contributed by atoms with van der Waals surface area (Å²) < 4.78 is 0. The second kappa shape index (κ2) is 3.52. The maximum absolute atomic E-state index is 11.6. The number of nitrogens with one attached hydrogen (secondary N) is 3. The van der Waals surface area contributed by atoms with Gasteiger partial charge in [0.1, 0.15) is 5.69 Å². The number of nitrogen functional groups attached to an aromatic ring is 1. The van der Waals surface area contributed by atoms with Gasteiger partial charge in [-0.15, -0.1) is 0 Å². The van der Waals surface area contributed by atoms with E-state index in [4.69, 9.17) is 5.73 Å². The van der Waals surface area contributed by atoms with Crippen LogP contribution in [0.25, 0.3) is 22.7 Å². The quantitative estimate of drug-likeness (QED) is 0.431. The Morgan fingerprint density at radius 2 is 1.94 bits per heavy atom. The van der Waals surface area contributed by atoms with Gasteiger partial charge in [0.2, 0.25) is 5.95 Å². The van der Waals surface area contributed by atoms with Crippen LogP contribution >= 0.6 is 0 Å². The highest BCUT2D eigenvalue weighted by Gasteiger charge is 2.10. The molecule has 5 N–H and O–H groups in total. The van der Waals surface area contributed by atoms with E-state index in [1.54, 1.807) is 0 Å². The predicted octanol–water partition coefficient (Wildman–Crippen LogP) is -1.02. The minimum Gasteiger partial charge on any atom is -0.369 e. The molecule has 18 heavy (non-hydrogen) atoms. The second-order valence-electron chi connectivity index (χ2n) is 3.54. The zero-order valence-electron chi connectivity index (χ0n) is 8.89. The highest BCUT2D eigenvalue weighted by molar-refractivity contribution is 5.74. The molecule has 0 saturated heterocycles. The van der Waals surface area contributed by atoms with E-state index in [2.05, 4.69) is 30.1 Å². The number of rotatable bonds is 1. The molecule has 0 aromatic carbocycles. The molecular weight excluding hydrogens is 238 g/mol. The molecule has 0 radical (unpaired) electrons. The fourth-order valence-electron chi connectivity index (χ4n) is 1.52. The molecule has 3 heterocycles. The Balaban J connectivity index is 2.25. The Kier molecular flexibility index (Phi) is 1.99. The molecule has 90 valence electrons. The van der Waals surface area contributed by atoms with Crippen molar-refractivity contribution in [1.29, 1.82) is 0 Å². The predicted molar refractivity (Wildman–Crippen MR) is 62.8 cm³/mol. The fourth-order valence-corrected chi connectivity index (χ4v) is 1.52. The van der Waals surface area contributed by atoms with Crippen molar-refractivity contribution >= 4 is 17.1 Å². The van der Waals surface area contributed by atoms with Crippen LogP contribution in [-0.2, 0) is 0 Å². The molecule has 0 bridgehead atoms. The van der Waals surface area contributed by atoms with E-state index in [9.17, 15) is 9.59 Å². The first-order valence-corrected chi connectivity index (χ1v) is 4.95. The molecule has 0 aliphatic heterocycles. The Morgan fingerprint density at radius 1 is 1.11 bits per heavy atom. The first-order chi connectivity index (χ1) is 8.63. The van der Waals surface area contributed by atoms with Crippen molar-refractivity contribution in [3.63, 3.8) is 0 Å². The summed E-state index contributed by atoms with van der Waals surface area (Å²) in [6.07, 6.45) is 0. The normalized spacial score (nSPS) is 10.9. The lowest BCUT2D eigenvalue weighted by atomic mass is 10.4. The molecule has 0 atom stereocenters. The van der Waals surface area contributed by atoms with E-state index in [0.29, 0.717) is 11.5 Å². The van der Waals surface area contributed by atoms with E-state index in [-0.39, 0.29) is 22.7 Å². The van der Waals surface area contributed by atoms with Crippen molar-refractivity contribution in [3.05, 3.63) is 32.8 Å². The number of nitrogens with two attached hydrogens (primary N) is 1. The number of anilines is 1. The van der Waals surface area contributed by atoms with Gasteiger partial charge in [-0.1, -0.05) is 0 Å². The van der Waals surface area contributed by atoms with Gasteiger partial charge in [0.05, 0.1) is 0 Å². The van der Waals surface area contributed by atoms with Crippen LogP contribution in [0.5, 0.6) is 0 Å². The first-order valence-electron chi connectivity index (χ1n) is 4.95. The molecule has 3 aromatic heterocycles. The summed E-state index contributed by atoms with van der Waals surface area (Å²) in [5.41, 5.74) is 5.46. The van der Waals surface area contributed by atoms with Crippen molar-refractivity contribution in [2.75, 3.05) is 5.73 Å². The molecule has 0 fully saturated rings. The molecule has 0 spiro atoms. The molecule has 0 saturated carbocycles. The van der Waals surface area contributed by atoms with Gasteiger partial charge in [0.15, 0.2) is 17.0 Å². The number of fused-ring (bicyclic) bond motifs is 1. The molecule has 0 aliphatic rings. The standard InChI is InChI=1S/C9H7N7O2/c10-9-13-7-5(8(18)14-9)11-6(12-7)3-1-2-4(17)16-15-3/h1-2H,(H,16,17)(H4,10,11,12,13,14,18). The van der Waals surface area contributed by atoms with Gasteiger partial charge < -0.3 is 10.7 Å². The molecule has 0 unspecified atom stereocenters. The Hall–Kier alpha value is -2.97. The molecule has 3 aromatic rings. The first kappa shape index (κ1) is 10.2. The fraction of sp³-hybridized carbons (Fsp3) is 0. The van der Waals surface area contributed by atoms with Crippen LogP contribution < -0.4 is 16.9 Å². The number of imidazole rings is 1.